The van der Waals surface area contributed by atoms with Crippen molar-refractivity contribution >= 4 is 40.2 Å². The highest BCUT2D eigenvalue weighted by Gasteiger charge is 2.26. The van der Waals surface area contributed by atoms with E-state index in [4.69, 9.17) is 5.73 Å². The summed E-state index contributed by atoms with van der Waals surface area (Å²) < 4.78 is 44.8. The summed E-state index contributed by atoms with van der Waals surface area (Å²) in [5.41, 5.74) is 6.54. The molecule has 0 aliphatic heterocycles. The number of benzene rings is 2. The maximum Gasteiger partial charge on any atom is 0.404 e. The smallest absolute Gasteiger partial charge is 0.404 e. The number of nitrogens with zero attached hydrogens (tertiary/aromatic N) is 3. The number of primary amides is 1. The lowest BCUT2D eigenvalue weighted by Gasteiger charge is -2.27. The Labute approximate surface area is 214 Å². The molecule has 13 heteroatoms. The lowest BCUT2D eigenvalue weighted by Crippen LogP contribution is -2.39. The number of aromatic nitrogens is 3. The third-order valence-electron chi connectivity index (χ3n) is 5.87. The molecule has 0 unspecified atom stereocenters. The Balaban J connectivity index is 1.78. The average molecular weight is 528 g/mol. The summed E-state index contributed by atoms with van der Waals surface area (Å²) in [5, 5.41) is 22.1. The van der Waals surface area contributed by atoms with Gasteiger partial charge in [0.05, 0.1) is 35.0 Å². The van der Waals surface area contributed by atoms with E-state index in [0.29, 0.717) is 23.7 Å². The second kappa shape index (κ2) is 10.7. The Morgan fingerprint density at radius 2 is 1.82 bits per heavy atom. The quantitative estimate of drug-likeness (QED) is 0.215. The summed E-state index contributed by atoms with van der Waals surface area (Å²) in [6.07, 6.45) is 0.225. The molecule has 198 valence electrons. The monoisotopic (exact) mass is 527 g/mol. The molecule has 0 spiro atoms. The van der Waals surface area contributed by atoms with Crippen LogP contribution in [0.3, 0.4) is 0 Å². The number of carboxylic acid groups (broad SMARTS) is 1. The normalized spacial score (nSPS) is 12.7. The first-order valence-electron chi connectivity index (χ1n) is 11.5. The van der Waals surface area contributed by atoms with Gasteiger partial charge >= 0.3 is 6.09 Å². The van der Waals surface area contributed by atoms with Crippen LogP contribution in [-0.4, -0.2) is 37.9 Å². The molecule has 2 aromatic heterocycles. The van der Waals surface area contributed by atoms with Crippen molar-refractivity contribution in [3.8, 4) is 0 Å². The van der Waals surface area contributed by atoms with Crippen molar-refractivity contribution in [2.75, 3.05) is 10.6 Å². The number of amides is 2. The minimum absolute atomic E-state index is 0.00446. The van der Waals surface area contributed by atoms with Crippen LogP contribution in [0, 0.1) is 17.5 Å². The Kier molecular flexibility index (Phi) is 7.37. The maximum absolute atomic E-state index is 15.1. The van der Waals surface area contributed by atoms with E-state index in [1.807, 2.05) is 13.0 Å². The molecule has 2 aromatic carbocycles. The van der Waals surface area contributed by atoms with E-state index in [-0.39, 0.29) is 16.9 Å². The molecule has 6 N–H and O–H groups in total. The molecule has 0 saturated carbocycles. The molecule has 4 aromatic rings. The van der Waals surface area contributed by atoms with E-state index in [2.05, 4.69) is 26.0 Å². The summed E-state index contributed by atoms with van der Waals surface area (Å²) >= 11 is 0. The first-order valence-corrected chi connectivity index (χ1v) is 11.5. The van der Waals surface area contributed by atoms with Gasteiger partial charge in [-0.3, -0.25) is 9.48 Å². The van der Waals surface area contributed by atoms with Crippen LogP contribution in [0.2, 0.25) is 0 Å². The van der Waals surface area contributed by atoms with Gasteiger partial charge in [0.15, 0.2) is 11.6 Å². The molecular weight excluding hydrogens is 503 g/mol. The summed E-state index contributed by atoms with van der Waals surface area (Å²) in [6.45, 7) is 3.97. The molecule has 10 nitrogen and oxygen atoms in total. The topological polar surface area (TPSA) is 147 Å². The second-order valence-electron chi connectivity index (χ2n) is 8.47. The molecule has 2 amide bonds. The van der Waals surface area contributed by atoms with Gasteiger partial charge in [-0.2, -0.15) is 5.10 Å². The number of hydrogen-bond acceptors (Lipinski definition) is 6. The minimum atomic E-state index is -1.40. The number of halogens is 3. The Bertz CT molecular complexity index is 1510. The van der Waals surface area contributed by atoms with Crippen molar-refractivity contribution in [3.05, 3.63) is 77.2 Å². The van der Waals surface area contributed by atoms with E-state index in [1.165, 1.54) is 6.92 Å². The van der Waals surface area contributed by atoms with Gasteiger partial charge in [0, 0.05) is 18.0 Å². The summed E-state index contributed by atoms with van der Waals surface area (Å²) in [6, 6.07) is 6.68. The fourth-order valence-electron chi connectivity index (χ4n) is 4.14. The lowest BCUT2D eigenvalue weighted by molar-refractivity contribution is 0.1000. The van der Waals surface area contributed by atoms with E-state index < -0.39 is 47.4 Å². The van der Waals surface area contributed by atoms with Gasteiger partial charge in [0.2, 0.25) is 0 Å². The minimum Gasteiger partial charge on any atom is -0.465 e. The van der Waals surface area contributed by atoms with Crippen molar-refractivity contribution in [2.24, 2.45) is 5.73 Å². The summed E-state index contributed by atoms with van der Waals surface area (Å²) in [4.78, 5) is 27.6. The van der Waals surface area contributed by atoms with Gasteiger partial charge in [-0.1, -0.05) is 6.07 Å². The third kappa shape index (κ3) is 5.45. The van der Waals surface area contributed by atoms with Crippen LogP contribution < -0.4 is 21.7 Å². The Morgan fingerprint density at radius 1 is 1.11 bits per heavy atom. The zero-order chi connectivity index (χ0) is 27.6. The number of anilines is 3. The fraction of sp³-hybridized carbons (Fsp3) is 0.200. The van der Waals surface area contributed by atoms with Gasteiger partial charge in [0.25, 0.3) is 5.91 Å². The molecule has 0 fully saturated rings. The van der Waals surface area contributed by atoms with Crippen LogP contribution in [-0.2, 0) is 6.54 Å². The number of carbonyl (C=O) groups excluding carboxylic acids is 1. The Morgan fingerprint density at radius 3 is 2.45 bits per heavy atom. The zero-order valence-corrected chi connectivity index (χ0v) is 20.3. The van der Waals surface area contributed by atoms with Gasteiger partial charge in [-0.15, -0.1) is 0 Å². The van der Waals surface area contributed by atoms with Crippen molar-refractivity contribution in [2.45, 2.75) is 32.5 Å². The average Bonchev–Trinajstić information content (AvgIpc) is 3.27. The SMILES string of the molecule is CCn1ncc2c(Nc3nc(N[C@H](c4cc(F)cc(F)c4)[C@H](C)NC(=O)O)c(F)cc3C(N)=O)cccc21. The van der Waals surface area contributed by atoms with Crippen molar-refractivity contribution < 1.29 is 27.9 Å². The highest BCUT2D eigenvalue weighted by atomic mass is 19.1. The molecular formula is C25H24F3N7O3. The van der Waals surface area contributed by atoms with Gasteiger partial charge in [0.1, 0.15) is 17.5 Å². The number of nitrogens with two attached hydrogens (primary N) is 1. The lowest BCUT2D eigenvalue weighted by atomic mass is 10.00. The number of nitrogens with one attached hydrogen (secondary N) is 3. The first kappa shape index (κ1) is 26.3. The maximum atomic E-state index is 15.1. The van der Waals surface area contributed by atoms with E-state index in [9.17, 15) is 23.5 Å². The van der Waals surface area contributed by atoms with Crippen LogP contribution in [0.25, 0.3) is 10.9 Å². The van der Waals surface area contributed by atoms with Crippen molar-refractivity contribution in [1.82, 2.24) is 20.1 Å². The standard InChI is InChI=1S/C25H24F3N7O3/c1-3-35-20-6-4-5-19(17(20)11-30-35)32-23-16(22(29)36)10-18(28)24(34-23)33-21(12(2)31-25(37)38)13-7-14(26)9-15(27)8-13/h4-12,21,31H,3H2,1-2H3,(H2,29,36)(H,37,38)(H2,32,33,34)/t12-,21-/m0/s1. The molecule has 0 radical (unpaired) electrons. The molecule has 4 rings (SSSR count). The molecule has 2 heterocycles. The van der Waals surface area contributed by atoms with Crippen LogP contribution in [0.4, 0.5) is 35.3 Å². The van der Waals surface area contributed by atoms with Gasteiger partial charge in [-0.25, -0.2) is 22.9 Å². The van der Waals surface area contributed by atoms with Crippen LogP contribution in [0.1, 0.15) is 35.8 Å². The first-order chi connectivity index (χ1) is 18.1. The highest BCUT2D eigenvalue weighted by molar-refractivity contribution is 6.00. The van der Waals surface area contributed by atoms with Gasteiger partial charge < -0.3 is 26.8 Å². The van der Waals surface area contributed by atoms with Crippen LogP contribution in [0.15, 0.2) is 48.7 Å². The molecule has 0 bridgehead atoms. The largest absolute Gasteiger partial charge is 0.465 e. The Hall–Kier alpha value is -4.81. The zero-order valence-electron chi connectivity index (χ0n) is 20.3. The molecule has 0 aliphatic rings. The van der Waals surface area contributed by atoms with E-state index >= 15 is 4.39 Å². The van der Waals surface area contributed by atoms with Crippen LogP contribution in [0.5, 0.6) is 0 Å². The van der Waals surface area contributed by atoms with Crippen LogP contribution >= 0.6 is 0 Å². The number of hydrogen-bond donors (Lipinski definition) is 5. The predicted molar refractivity (Wildman–Crippen MR) is 135 cm³/mol. The second-order valence-corrected chi connectivity index (χ2v) is 8.47. The highest BCUT2D eigenvalue weighted by Crippen LogP contribution is 2.31. The summed E-state index contributed by atoms with van der Waals surface area (Å²) in [7, 11) is 0. The molecule has 38 heavy (non-hydrogen) atoms. The predicted octanol–water partition coefficient (Wildman–Crippen LogP) is 4.52. The van der Waals surface area contributed by atoms with E-state index in [1.54, 1.807) is 23.0 Å². The molecule has 2 atom stereocenters. The third-order valence-corrected chi connectivity index (χ3v) is 5.87. The number of fused-ring (bicyclic) bond motifs is 1. The molecule has 0 saturated heterocycles. The number of pyridine rings is 1. The molecule has 0 aliphatic carbocycles. The van der Waals surface area contributed by atoms with Crippen molar-refractivity contribution in [1.29, 1.82) is 0 Å². The van der Waals surface area contributed by atoms with Gasteiger partial charge in [-0.05, 0) is 49.7 Å². The number of aryl methyl sites for hydroxylation is 1. The number of rotatable bonds is 9. The van der Waals surface area contributed by atoms with Crippen molar-refractivity contribution in [3.63, 3.8) is 0 Å². The number of carbonyl (C=O) groups is 2. The summed E-state index contributed by atoms with van der Waals surface area (Å²) in [5.74, 6) is -4.27. The van der Waals surface area contributed by atoms with E-state index in [0.717, 1.165) is 23.7 Å². The fourth-order valence-corrected chi connectivity index (χ4v) is 4.14.